The van der Waals surface area contributed by atoms with Crippen molar-refractivity contribution in [3.8, 4) is 0 Å². The van der Waals surface area contributed by atoms with Crippen LogP contribution in [-0.2, 0) is 0 Å². The molecule has 0 saturated carbocycles. The van der Waals surface area contributed by atoms with Gasteiger partial charge in [0.1, 0.15) is 0 Å². The third-order valence-electron chi connectivity index (χ3n) is 2.39. The second-order valence-corrected chi connectivity index (χ2v) is 6.45. The number of hydrogen-bond donors (Lipinski definition) is 0. The zero-order chi connectivity index (χ0) is 13.2. The first-order valence-electron chi connectivity index (χ1n) is 6.22. The Balaban J connectivity index is 1.95. The number of nitrogens with zero attached hydrogens (tertiary/aromatic N) is 1. The molecule has 0 radical (unpaired) electrons. The molecule has 1 aromatic rings. The van der Waals surface area contributed by atoms with Crippen molar-refractivity contribution < 1.29 is 4.79 Å². The Morgan fingerprint density at radius 2 is 1.72 bits per heavy atom. The number of unbranched alkanes of at least 4 members (excludes halogenated alkanes) is 2. The van der Waals surface area contributed by atoms with Gasteiger partial charge < -0.3 is 4.90 Å². The quantitative estimate of drug-likeness (QED) is 0.547. The fourth-order valence-electron chi connectivity index (χ4n) is 1.38. The Hall–Kier alpha value is -0.610. The summed E-state index contributed by atoms with van der Waals surface area (Å²) in [7, 11) is 3.59. The lowest BCUT2D eigenvalue weighted by Gasteiger charge is -2.08. The monoisotopic (exact) mass is 283 g/mol. The second kappa shape index (κ2) is 9.34. The van der Waals surface area contributed by atoms with E-state index < -0.39 is 0 Å². The molecule has 0 saturated heterocycles. The van der Waals surface area contributed by atoms with Crippen molar-refractivity contribution >= 4 is 28.8 Å². The van der Waals surface area contributed by atoms with Crippen LogP contribution in [0.25, 0.3) is 0 Å². The summed E-state index contributed by atoms with van der Waals surface area (Å²) in [4.78, 5) is 14.3. The van der Waals surface area contributed by atoms with E-state index in [4.69, 9.17) is 0 Å². The summed E-state index contributed by atoms with van der Waals surface area (Å²) in [6.45, 7) is 0. The van der Waals surface area contributed by atoms with Crippen LogP contribution < -0.4 is 0 Å². The summed E-state index contributed by atoms with van der Waals surface area (Å²) >= 11 is 3.33. The Kier molecular flexibility index (Phi) is 8.01. The van der Waals surface area contributed by atoms with Gasteiger partial charge in [-0.3, -0.25) is 4.79 Å². The molecule has 0 aliphatic carbocycles. The molecule has 0 bridgehead atoms. The molecule has 1 rings (SSSR count). The maximum atomic E-state index is 11.3. The summed E-state index contributed by atoms with van der Waals surface area (Å²) in [6, 6.07) is 10.5. The molecule has 4 heteroatoms. The lowest BCUT2D eigenvalue weighted by molar-refractivity contribution is 0.241. The molecule has 1 amide bonds. The van der Waals surface area contributed by atoms with Crippen LogP contribution in [0.15, 0.2) is 35.2 Å². The van der Waals surface area contributed by atoms with Gasteiger partial charge in [-0.2, -0.15) is 0 Å². The highest BCUT2D eigenvalue weighted by Gasteiger charge is 2.03. The average molecular weight is 283 g/mol. The Morgan fingerprint density at radius 1 is 1.06 bits per heavy atom. The number of hydrogen-bond acceptors (Lipinski definition) is 3. The van der Waals surface area contributed by atoms with Gasteiger partial charge in [0.25, 0.3) is 5.24 Å². The van der Waals surface area contributed by atoms with Crippen LogP contribution in [0.5, 0.6) is 0 Å². The molecular formula is C14H21NOS2. The van der Waals surface area contributed by atoms with E-state index in [1.807, 2.05) is 17.8 Å². The van der Waals surface area contributed by atoms with Gasteiger partial charge in [-0.05, 0) is 30.7 Å². The first-order valence-corrected chi connectivity index (χ1v) is 8.19. The van der Waals surface area contributed by atoms with Crippen LogP contribution in [0.3, 0.4) is 0 Å². The fraction of sp³-hybridized carbons (Fsp3) is 0.500. The minimum absolute atomic E-state index is 0.161. The van der Waals surface area contributed by atoms with E-state index in [2.05, 4.69) is 24.3 Å². The van der Waals surface area contributed by atoms with E-state index >= 15 is 0 Å². The van der Waals surface area contributed by atoms with E-state index in [-0.39, 0.29) is 5.24 Å². The molecule has 0 N–H and O–H groups in total. The zero-order valence-corrected chi connectivity index (χ0v) is 12.7. The molecule has 0 aromatic heterocycles. The minimum atomic E-state index is 0.161. The standard InChI is InChI=1S/C14H21NOS2/c1-15(2)14(16)18-12-8-4-7-11-17-13-9-5-3-6-10-13/h3,5-6,9-10H,4,7-8,11-12H2,1-2H3. The van der Waals surface area contributed by atoms with Gasteiger partial charge in [0.15, 0.2) is 0 Å². The van der Waals surface area contributed by atoms with Gasteiger partial charge in [-0.1, -0.05) is 36.4 Å². The predicted octanol–water partition coefficient (Wildman–Crippen LogP) is 4.36. The van der Waals surface area contributed by atoms with Crippen molar-refractivity contribution in [1.29, 1.82) is 0 Å². The average Bonchev–Trinajstić information content (AvgIpc) is 2.38. The van der Waals surface area contributed by atoms with Gasteiger partial charge in [-0.25, -0.2) is 0 Å². The van der Waals surface area contributed by atoms with E-state index in [0.29, 0.717) is 0 Å². The molecule has 0 fully saturated rings. The van der Waals surface area contributed by atoms with E-state index in [1.54, 1.807) is 19.0 Å². The van der Waals surface area contributed by atoms with Crippen LogP contribution in [0.2, 0.25) is 0 Å². The summed E-state index contributed by atoms with van der Waals surface area (Å²) in [5, 5.41) is 0.161. The number of carbonyl (C=O) groups is 1. The Labute approximate surface area is 119 Å². The molecule has 0 aliphatic heterocycles. The van der Waals surface area contributed by atoms with Crippen LogP contribution in [0, 0.1) is 0 Å². The van der Waals surface area contributed by atoms with Crippen molar-refractivity contribution in [1.82, 2.24) is 4.90 Å². The Bertz CT molecular complexity index is 341. The molecule has 0 aliphatic rings. The third-order valence-corrected chi connectivity index (χ3v) is 4.59. The number of carbonyl (C=O) groups excluding carboxylic acids is 1. The third kappa shape index (κ3) is 6.97. The maximum Gasteiger partial charge on any atom is 0.281 e. The van der Waals surface area contributed by atoms with E-state index in [0.717, 1.165) is 17.9 Å². The molecule has 18 heavy (non-hydrogen) atoms. The van der Waals surface area contributed by atoms with E-state index in [9.17, 15) is 4.79 Å². The highest BCUT2D eigenvalue weighted by molar-refractivity contribution is 8.13. The SMILES string of the molecule is CN(C)C(=O)SCCCCCSc1ccccc1. The van der Waals surface area contributed by atoms with Crippen LogP contribution in [0.4, 0.5) is 4.79 Å². The van der Waals surface area contributed by atoms with Gasteiger partial charge in [-0.15, -0.1) is 11.8 Å². The molecule has 100 valence electrons. The highest BCUT2D eigenvalue weighted by atomic mass is 32.2. The van der Waals surface area contributed by atoms with Gasteiger partial charge in [0.2, 0.25) is 0 Å². The van der Waals surface area contributed by atoms with Crippen molar-refractivity contribution in [3.63, 3.8) is 0 Å². The summed E-state index contributed by atoms with van der Waals surface area (Å²) in [5.41, 5.74) is 0. The van der Waals surface area contributed by atoms with Crippen molar-refractivity contribution in [2.75, 3.05) is 25.6 Å². The lowest BCUT2D eigenvalue weighted by Crippen LogP contribution is -2.16. The van der Waals surface area contributed by atoms with Crippen LogP contribution in [-0.4, -0.2) is 35.7 Å². The summed E-state index contributed by atoms with van der Waals surface area (Å²) in [6.07, 6.45) is 3.55. The normalized spacial score (nSPS) is 10.3. The predicted molar refractivity (Wildman–Crippen MR) is 82.6 cm³/mol. The molecule has 0 unspecified atom stereocenters. The Morgan fingerprint density at radius 3 is 2.39 bits per heavy atom. The van der Waals surface area contributed by atoms with E-state index in [1.165, 1.54) is 29.5 Å². The number of benzene rings is 1. The molecule has 0 heterocycles. The summed E-state index contributed by atoms with van der Waals surface area (Å²) in [5.74, 6) is 2.10. The van der Waals surface area contributed by atoms with Crippen molar-refractivity contribution in [3.05, 3.63) is 30.3 Å². The first-order chi connectivity index (χ1) is 8.70. The van der Waals surface area contributed by atoms with Crippen LogP contribution in [0.1, 0.15) is 19.3 Å². The minimum Gasteiger partial charge on any atom is -0.340 e. The number of thioether (sulfide) groups is 2. The fourth-order valence-corrected chi connectivity index (χ4v) is 3.09. The summed E-state index contributed by atoms with van der Waals surface area (Å²) < 4.78 is 0. The van der Waals surface area contributed by atoms with Crippen molar-refractivity contribution in [2.45, 2.75) is 24.2 Å². The van der Waals surface area contributed by atoms with Gasteiger partial charge in [0, 0.05) is 24.7 Å². The molecular weight excluding hydrogens is 262 g/mol. The molecule has 0 atom stereocenters. The zero-order valence-electron chi connectivity index (χ0n) is 11.1. The van der Waals surface area contributed by atoms with Gasteiger partial charge in [0.05, 0.1) is 0 Å². The topological polar surface area (TPSA) is 20.3 Å². The highest BCUT2D eigenvalue weighted by Crippen LogP contribution is 2.19. The van der Waals surface area contributed by atoms with Gasteiger partial charge >= 0.3 is 0 Å². The lowest BCUT2D eigenvalue weighted by atomic mass is 10.3. The first kappa shape index (κ1) is 15.4. The number of rotatable bonds is 7. The van der Waals surface area contributed by atoms with Crippen LogP contribution >= 0.6 is 23.5 Å². The molecule has 2 nitrogen and oxygen atoms in total. The number of amides is 1. The van der Waals surface area contributed by atoms with Crippen molar-refractivity contribution in [2.24, 2.45) is 0 Å². The second-order valence-electron chi connectivity index (χ2n) is 4.23. The molecule has 0 spiro atoms. The largest absolute Gasteiger partial charge is 0.340 e. The maximum absolute atomic E-state index is 11.3. The molecule has 1 aromatic carbocycles. The smallest absolute Gasteiger partial charge is 0.281 e.